The van der Waals surface area contributed by atoms with E-state index in [-0.39, 0.29) is 0 Å². The van der Waals surface area contributed by atoms with Crippen LogP contribution >= 0.6 is 0 Å². The van der Waals surface area contributed by atoms with Gasteiger partial charge < -0.3 is 10.1 Å². The number of aromatic nitrogens is 2. The molecule has 4 aromatic rings. The number of carboxylic acids is 1. The number of allylic oxidation sites excluding steroid dienone is 1. The van der Waals surface area contributed by atoms with Gasteiger partial charge in [-0.05, 0) is 29.5 Å². The minimum absolute atomic E-state index is 0.598. The Bertz CT molecular complexity index is 1050. The first-order chi connectivity index (χ1) is 15.2. The predicted molar refractivity (Wildman–Crippen MR) is 122 cm³/mol. The van der Waals surface area contributed by atoms with Gasteiger partial charge in [-0.3, -0.25) is 0 Å². The summed E-state index contributed by atoms with van der Waals surface area (Å²) in [5, 5.41) is 8.79. The highest BCUT2D eigenvalue weighted by Crippen LogP contribution is 2.43. The number of aliphatic carboxylic acids is 1. The Morgan fingerprint density at radius 1 is 0.839 bits per heavy atom. The van der Waals surface area contributed by atoms with E-state index in [0.717, 1.165) is 28.2 Å². The molecular weight excluding hydrogens is 384 g/mol. The summed E-state index contributed by atoms with van der Waals surface area (Å²) in [6, 6.07) is 31.2. The second-order valence-electron chi connectivity index (χ2n) is 7.38. The van der Waals surface area contributed by atoms with Gasteiger partial charge in [-0.25, -0.2) is 9.78 Å². The molecule has 4 heteroatoms. The lowest BCUT2D eigenvalue weighted by molar-refractivity contribution is -0.131. The minimum atomic E-state index is -0.929. The second-order valence-corrected chi connectivity index (χ2v) is 7.38. The maximum atomic E-state index is 10.7. The van der Waals surface area contributed by atoms with Crippen molar-refractivity contribution in [2.45, 2.75) is 18.3 Å². The van der Waals surface area contributed by atoms with Crippen LogP contribution < -0.4 is 0 Å². The number of benzene rings is 3. The molecule has 1 aromatic heterocycles. The maximum absolute atomic E-state index is 10.7. The molecule has 0 aliphatic carbocycles. The first-order valence-corrected chi connectivity index (χ1v) is 10.3. The number of imidazole rings is 1. The fourth-order valence-electron chi connectivity index (χ4n) is 4.07. The molecule has 0 aliphatic rings. The summed E-state index contributed by atoms with van der Waals surface area (Å²) in [7, 11) is 0. The van der Waals surface area contributed by atoms with E-state index in [9.17, 15) is 4.79 Å². The predicted octanol–water partition coefficient (Wildman–Crippen LogP) is 5.37. The fourth-order valence-corrected chi connectivity index (χ4v) is 4.07. The average molecular weight is 409 g/mol. The number of aryl methyl sites for hydroxylation is 1. The van der Waals surface area contributed by atoms with Gasteiger partial charge in [-0.2, -0.15) is 0 Å². The highest BCUT2D eigenvalue weighted by atomic mass is 16.4. The molecule has 0 bridgehead atoms. The van der Waals surface area contributed by atoms with E-state index in [1.807, 2.05) is 24.4 Å². The molecule has 31 heavy (non-hydrogen) atoms. The molecule has 0 unspecified atom stereocenters. The van der Waals surface area contributed by atoms with Crippen LogP contribution in [0.1, 0.15) is 34.6 Å². The number of H-pyrrole nitrogens is 1. The number of carbonyl (C=O) groups is 1. The van der Waals surface area contributed by atoms with Gasteiger partial charge in [0.1, 0.15) is 11.2 Å². The summed E-state index contributed by atoms with van der Waals surface area (Å²) in [6.07, 6.45) is 6.02. The lowest BCUT2D eigenvalue weighted by Crippen LogP contribution is -2.32. The molecule has 2 N–H and O–H groups in total. The molecule has 1 heterocycles. The normalized spacial score (nSPS) is 11.6. The minimum Gasteiger partial charge on any atom is -0.478 e. The van der Waals surface area contributed by atoms with Crippen LogP contribution in [0.2, 0.25) is 0 Å². The van der Waals surface area contributed by atoms with E-state index in [2.05, 4.69) is 77.8 Å². The van der Waals surface area contributed by atoms with E-state index in [1.165, 1.54) is 6.08 Å². The number of hydrogen-bond donors (Lipinski definition) is 2. The Hall–Kier alpha value is -3.92. The number of hydrogen-bond acceptors (Lipinski definition) is 2. The van der Waals surface area contributed by atoms with E-state index < -0.39 is 11.4 Å². The van der Waals surface area contributed by atoms with Crippen molar-refractivity contribution in [3.8, 4) is 0 Å². The molecule has 0 radical (unpaired) electrons. The molecule has 3 aromatic carbocycles. The van der Waals surface area contributed by atoms with Crippen LogP contribution in [0.15, 0.2) is 109 Å². The summed E-state index contributed by atoms with van der Waals surface area (Å²) in [5.74, 6) is -0.0881. The van der Waals surface area contributed by atoms with Crippen molar-refractivity contribution in [3.05, 3.63) is 138 Å². The third-order valence-electron chi connectivity index (χ3n) is 5.44. The van der Waals surface area contributed by atoms with Crippen LogP contribution in [0.25, 0.3) is 0 Å². The number of nitrogens with one attached hydrogen (secondary N) is 1. The summed E-state index contributed by atoms with van der Waals surface area (Å²) >= 11 is 0. The van der Waals surface area contributed by atoms with Crippen LogP contribution in [0.5, 0.6) is 0 Å². The standard InChI is InChI=1S/C27H24N2O2/c30-25(31)19-11-10-18-24-20-28-26(29-24)27(21-12-4-1-5-13-21,22-14-6-2-7-15-22)23-16-8-3-9-17-23/h1-9,11-17,19-20H,10,18H2,(H,28,29)(H,30,31)/b19-11+. The van der Waals surface area contributed by atoms with Crippen molar-refractivity contribution in [1.29, 1.82) is 0 Å². The van der Waals surface area contributed by atoms with E-state index >= 15 is 0 Å². The topological polar surface area (TPSA) is 66.0 Å². The lowest BCUT2D eigenvalue weighted by atomic mass is 9.69. The van der Waals surface area contributed by atoms with Crippen molar-refractivity contribution in [2.24, 2.45) is 0 Å². The van der Waals surface area contributed by atoms with Gasteiger partial charge in [-0.15, -0.1) is 0 Å². The van der Waals surface area contributed by atoms with Gasteiger partial charge in [0.25, 0.3) is 0 Å². The highest BCUT2D eigenvalue weighted by Gasteiger charge is 2.40. The van der Waals surface area contributed by atoms with Gasteiger partial charge in [0.05, 0.1) is 0 Å². The van der Waals surface area contributed by atoms with Crippen LogP contribution in [0.4, 0.5) is 0 Å². The van der Waals surface area contributed by atoms with Crippen molar-refractivity contribution < 1.29 is 9.90 Å². The van der Waals surface area contributed by atoms with Crippen LogP contribution in [0, 0.1) is 0 Å². The third kappa shape index (κ3) is 4.19. The number of carboxylic acid groups (broad SMARTS) is 1. The molecule has 4 nitrogen and oxygen atoms in total. The molecule has 0 amide bonds. The van der Waals surface area contributed by atoms with Gasteiger partial charge >= 0.3 is 5.97 Å². The molecule has 0 atom stereocenters. The third-order valence-corrected chi connectivity index (χ3v) is 5.44. The summed E-state index contributed by atoms with van der Waals surface area (Å²) in [5.41, 5.74) is 3.74. The average Bonchev–Trinajstić information content (AvgIpc) is 3.28. The molecule has 154 valence electrons. The number of nitrogens with zero attached hydrogens (tertiary/aromatic N) is 1. The monoisotopic (exact) mass is 408 g/mol. The Morgan fingerprint density at radius 2 is 1.32 bits per heavy atom. The SMILES string of the molecule is O=C(O)/C=C/CCc1cnc(C(c2ccccc2)(c2ccccc2)c2ccccc2)[nH]1. The molecular formula is C27H24N2O2. The molecule has 0 fully saturated rings. The van der Waals surface area contributed by atoms with E-state index in [4.69, 9.17) is 10.1 Å². The van der Waals surface area contributed by atoms with Gasteiger partial charge in [0.2, 0.25) is 0 Å². The van der Waals surface area contributed by atoms with E-state index in [1.54, 1.807) is 6.08 Å². The fraction of sp³-hybridized carbons (Fsp3) is 0.111. The Labute approximate surface area is 181 Å². The molecule has 0 aliphatic heterocycles. The molecule has 0 saturated heterocycles. The molecule has 0 spiro atoms. The zero-order chi connectivity index (χ0) is 21.5. The largest absolute Gasteiger partial charge is 0.478 e. The Balaban J connectivity index is 1.87. The second kappa shape index (κ2) is 9.26. The highest BCUT2D eigenvalue weighted by molar-refractivity contribution is 5.79. The molecule has 4 rings (SSSR count). The quantitative estimate of drug-likeness (QED) is 0.304. The smallest absolute Gasteiger partial charge is 0.327 e. The zero-order valence-corrected chi connectivity index (χ0v) is 17.1. The van der Waals surface area contributed by atoms with Crippen molar-refractivity contribution in [1.82, 2.24) is 9.97 Å². The van der Waals surface area contributed by atoms with Crippen LogP contribution in [-0.4, -0.2) is 21.0 Å². The van der Waals surface area contributed by atoms with E-state index in [0.29, 0.717) is 12.8 Å². The first kappa shape index (κ1) is 20.4. The summed E-state index contributed by atoms with van der Waals surface area (Å²) in [4.78, 5) is 19.1. The lowest BCUT2D eigenvalue weighted by Gasteiger charge is -2.34. The van der Waals surface area contributed by atoms with Crippen molar-refractivity contribution in [3.63, 3.8) is 0 Å². The number of rotatable bonds is 8. The van der Waals surface area contributed by atoms with Crippen LogP contribution in [-0.2, 0) is 16.6 Å². The Kier molecular flexibility index (Phi) is 6.08. The molecule has 0 saturated carbocycles. The van der Waals surface area contributed by atoms with Gasteiger partial charge in [-0.1, -0.05) is 97.1 Å². The zero-order valence-electron chi connectivity index (χ0n) is 17.1. The van der Waals surface area contributed by atoms with Crippen molar-refractivity contribution in [2.75, 3.05) is 0 Å². The van der Waals surface area contributed by atoms with Gasteiger partial charge in [0.15, 0.2) is 0 Å². The van der Waals surface area contributed by atoms with Crippen molar-refractivity contribution >= 4 is 5.97 Å². The Morgan fingerprint density at radius 3 is 1.77 bits per heavy atom. The summed E-state index contributed by atoms with van der Waals surface area (Å²) in [6.45, 7) is 0. The first-order valence-electron chi connectivity index (χ1n) is 10.3. The maximum Gasteiger partial charge on any atom is 0.327 e. The van der Waals surface area contributed by atoms with Gasteiger partial charge in [0, 0.05) is 18.0 Å². The number of aromatic amines is 1. The van der Waals surface area contributed by atoms with Crippen LogP contribution in [0.3, 0.4) is 0 Å². The summed E-state index contributed by atoms with van der Waals surface area (Å²) < 4.78 is 0.